The lowest BCUT2D eigenvalue weighted by Gasteiger charge is -2.21. The normalized spacial score (nSPS) is 14.5. The van der Waals surface area contributed by atoms with Gasteiger partial charge in [0.25, 0.3) is 5.91 Å². The Hall–Kier alpha value is -1.67. The van der Waals surface area contributed by atoms with Crippen molar-refractivity contribution in [2.45, 2.75) is 23.8 Å². The van der Waals surface area contributed by atoms with Crippen molar-refractivity contribution in [3.8, 4) is 0 Å². The van der Waals surface area contributed by atoms with Crippen LogP contribution in [0.4, 0.5) is 0 Å². The van der Waals surface area contributed by atoms with Crippen molar-refractivity contribution in [2.75, 3.05) is 31.8 Å². The van der Waals surface area contributed by atoms with Gasteiger partial charge in [-0.3, -0.25) is 9.59 Å². The highest BCUT2D eigenvalue weighted by Crippen LogP contribution is 2.43. The van der Waals surface area contributed by atoms with Gasteiger partial charge >= 0.3 is 11.9 Å². The van der Waals surface area contributed by atoms with E-state index in [2.05, 4.69) is 10.1 Å². The first kappa shape index (κ1) is 20.6. The summed E-state index contributed by atoms with van der Waals surface area (Å²) in [5, 5.41) is 2.59. The highest BCUT2D eigenvalue weighted by molar-refractivity contribution is 8.16. The fourth-order valence-electron chi connectivity index (χ4n) is 2.28. The van der Waals surface area contributed by atoms with E-state index in [0.29, 0.717) is 23.1 Å². The summed E-state index contributed by atoms with van der Waals surface area (Å²) in [4.78, 5) is 34.6. The molecular formula is C18H23NO5S2. The van der Waals surface area contributed by atoms with Crippen LogP contribution in [0.3, 0.4) is 0 Å². The van der Waals surface area contributed by atoms with Gasteiger partial charge in [-0.15, -0.1) is 23.5 Å². The number of esters is 2. The van der Waals surface area contributed by atoms with Crippen molar-refractivity contribution in [1.82, 2.24) is 5.32 Å². The molecular weight excluding hydrogens is 374 g/mol. The zero-order valence-electron chi connectivity index (χ0n) is 14.7. The Morgan fingerprint density at radius 3 is 2.50 bits per heavy atom. The van der Waals surface area contributed by atoms with E-state index in [4.69, 9.17) is 4.74 Å². The van der Waals surface area contributed by atoms with Gasteiger partial charge in [0, 0.05) is 13.0 Å². The first-order chi connectivity index (χ1) is 12.6. The number of rotatable bonds is 8. The van der Waals surface area contributed by atoms with E-state index in [0.717, 1.165) is 11.5 Å². The van der Waals surface area contributed by atoms with Crippen molar-refractivity contribution in [3.05, 3.63) is 35.4 Å². The number of methoxy groups -OCH3 is 1. The molecule has 0 unspecified atom stereocenters. The van der Waals surface area contributed by atoms with Crippen molar-refractivity contribution in [1.29, 1.82) is 0 Å². The molecule has 0 bridgehead atoms. The first-order valence-corrected chi connectivity index (χ1v) is 10.5. The second-order valence-corrected chi connectivity index (χ2v) is 8.38. The Morgan fingerprint density at radius 1 is 1.15 bits per heavy atom. The molecule has 6 nitrogen and oxygen atoms in total. The molecule has 0 saturated carbocycles. The molecule has 1 fully saturated rings. The number of carbonyl (C=O) groups excluding carboxylic acids is 3. The van der Waals surface area contributed by atoms with Crippen molar-refractivity contribution < 1.29 is 23.9 Å². The zero-order chi connectivity index (χ0) is 18.8. The molecule has 1 saturated heterocycles. The summed E-state index contributed by atoms with van der Waals surface area (Å²) in [6, 6.07) is 7.36. The minimum atomic E-state index is -0.523. The second kappa shape index (κ2) is 11.1. The van der Waals surface area contributed by atoms with E-state index in [9.17, 15) is 14.4 Å². The Bertz CT molecular complexity index is 615. The van der Waals surface area contributed by atoms with E-state index in [1.165, 1.54) is 19.1 Å². The van der Waals surface area contributed by atoms with Crippen LogP contribution in [0.15, 0.2) is 24.3 Å². The summed E-state index contributed by atoms with van der Waals surface area (Å²) in [6.45, 7) is -0.00988. The lowest BCUT2D eigenvalue weighted by molar-refractivity contribution is -0.140. The molecule has 1 aliphatic rings. The van der Waals surface area contributed by atoms with Gasteiger partial charge in [0.2, 0.25) is 0 Å². The van der Waals surface area contributed by atoms with Gasteiger partial charge < -0.3 is 14.8 Å². The van der Waals surface area contributed by atoms with Gasteiger partial charge in [0.15, 0.2) is 6.61 Å². The van der Waals surface area contributed by atoms with Crippen LogP contribution < -0.4 is 5.32 Å². The quantitative estimate of drug-likeness (QED) is 0.533. The number of amides is 1. The summed E-state index contributed by atoms with van der Waals surface area (Å²) in [6.07, 6.45) is 1.95. The highest BCUT2D eigenvalue weighted by Gasteiger charge is 2.17. The summed E-state index contributed by atoms with van der Waals surface area (Å²) in [5.41, 5.74) is 1.62. The Morgan fingerprint density at radius 2 is 1.85 bits per heavy atom. The molecule has 0 spiro atoms. The number of thioether (sulfide) groups is 2. The zero-order valence-corrected chi connectivity index (χ0v) is 16.3. The molecule has 2 rings (SSSR count). The van der Waals surface area contributed by atoms with Crippen LogP contribution in [0.5, 0.6) is 0 Å². The summed E-state index contributed by atoms with van der Waals surface area (Å²) in [7, 11) is 1.32. The molecule has 0 aromatic heterocycles. The Labute approximate surface area is 161 Å². The number of hydrogen-bond donors (Lipinski definition) is 1. The van der Waals surface area contributed by atoms with Crippen LogP contribution in [0.2, 0.25) is 0 Å². The largest absolute Gasteiger partial charge is 0.469 e. The first-order valence-electron chi connectivity index (χ1n) is 8.44. The Kier molecular flexibility index (Phi) is 8.84. The summed E-state index contributed by atoms with van der Waals surface area (Å²) < 4.78 is 9.95. The van der Waals surface area contributed by atoms with Crippen LogP contribution in [0.1, 0.15) is 39.8 Å². The molecule has 1 N–H and O–H groups in total. The number of ether oxygens (including phenoxy) is 2. The van der Waals surface area contributed by atoms with Gasteiger partial charge in [0.05, 0.1) is 17.3 Å². The van der Waals surface area contributed by atoms with Gasteiger partial charge in [-0.05, 0) is 42.0 Å². The lowest BCUT2D eigenvalue weighted by atomic mass is 10.1. The Balaban J connectivity index is 1.70. The molecule has 8 heteroatoms. The van der Waals surface area contributed by atoms with Crippen LogP contribution in [-0.2, 0) is 19.1 Å². The molecule has 1 aromatic carbocycles. The topological polar surface area (TPSA) is 81.7 Å². The number of benzene rings is 1. The van der Waals surface area contributed by atoms with Crippen molar-refractivity contribution >= 4 is 41.4 Å². The maximum Gasteiger partial charge on any atom is 0.338 e. The van der Waals surface area contributed by atoms with Crippen LogP contribution in [0.25, 0.3) is 0 Å². The van der Waals surface area contributed by atoms with Crippen LogP contribution >= 0.6 is 23.5 Å². The fraction of sp³-hybridized carbons (Fsp3) is 0.500. The van der Waals surface area contributed by atoms with E-state index in [-0.39, 0.29) is 19.0 Å². The average molecular weight is 398 g/mol. The van der Waals surface area contributed by atoms with Crippen molar-refractivity contribution in [2.24, 2.45) is 0 Å². The molecule has 1 heterocycles. The standard InChI is InChI=1S/C18H23NO5S2/c1-23-16(21)4-2-9-19-15(20)12-24-17(22)13-5-7-14(8-6-13)18-25-10-3-11-26-18/h5-8,18H,2-4,9-12H2,1H3,(H,19,20). The molecule has 0 aliphatic carbocycles. The highest BCUT2D eigenvalue weighted by atomic mass is 32.2. The third-order valence-corrected chi connectivity index (χ3v) is 6.70. The van der Waals surface area contributed by atoms with Gasteiger partial charge in [-0.2, -0.15) is 0 Å². The minimum Gasteiger partial charge on any atom is -0.469 e. The third-order valence-electron chi connectivity index (χ3n) is 3.69. The van der Waals surface area contributed by atoms with Crippen molar-refractivity contribution in [3.63, 3.8) is 0 Å². The van der Waals surface area contributed by atoms with Crippen LogP contribution in [-0.4, -0.2) is 49.6 Å². The number of nitrogens with one attached hydrogen (secondary N) is 1. The maximum absolute atomic E-state index is 12.0. The van der Waals surface area contributed by atoms with Gasteiger partial charge in [-0.25, -0.2) is 4.79 Å². The van der Waals surface area contributed by atoms with Crippen LogP contribution in [0, 0.1) is 0 Å². The number of hydrogen-bond acceptors (Lipinski definition) is 7. The average Bonchev–Trinajstić information content (AvgIpc) is 2.70. The predicted octanol–water partition coefficient (Wildman–Crippen LogP) is 2.78. The molecule has 142 valence electrons. The molecule has 26 heavy (non-hydrogen) atoms. The summed E-state index contributed by atoms with van der Waals surface area (Å²) in [5.74, 6) is 1.09. The second-order valence-electron chi connectivity index (χ2n) is 5.65. The minimum absolute atomic E-state index is 0.237. The lowest BCUT2D eigenvalue weighted by Crippen LogP contribution is -2.29. The molecule has 1 amide bonds. The molecule has 1 aromatic rings. The van der Waals surface area contributed by atoms with E-state index in [1.807, 2.05) is 35.7 Å². The molecule has 0 radical (unpaired) electrons. The smallest absolute Gasteiger partial charge is 0.338 e. The van der Waals surface area contributed by atoms with E-state index in [1.54, 1.807) is 12.1 Å². The third kappa shape index (κ3) is 6.92. The van der Waals surface area contributed by atoms with Gasteiger partial charge in [-0.1, -0.05) is 12.1 Å². The monoisotopic (exact) mass is 397 g/mol. The SMILES string of the molecule is COC(=O)CCCNC(=O)COC(=O)c1ccc(C2SCCCS2)cc1. The van der Waals surface area contributed by atoms with Gasteiger partial charge in [0.1, 0.15) is 0 Å². The number of carbonyl (C=O) groups is 3. The molecule has 1 aliphatic heterocycles. The fourth-order valence-corrected chi connectivity index (χ4v) is 5.18. The van der Waals surface area contributed by atoms with E-state index < -0.39 is 11.9 Å². The predicted molar refractivity (Wildman–Crippen MR) is 103 cm³/mol. The summed E-state index contributed by atoms with van der Waals surface area (Å²) >= 11 is 3.84. The molecule has 0 atom stereocenters. The van der Waals surface area contributed by atoms with E-state index >= 15 is 0 Å². The maximum atomic E-state index is 12.0.